The fourth-order valence-electron chi connectivity index (χ4n) is 5.90. The predicted molar refractivity (Wildman–Crippen MR) is 152 cm³/mol. The normalized spacial score (nSPS) is 24.0. The van der Waals surface area contributed by atoms with Gasteiger partial charge in [0.2, 0.25) is 0 Å². The van der Waals surface area contributed by atoms with Crippen LogP contribution in [-0.4, -0.2) is 64.5 Å². The van der Waals surface area contributed by atoms with Crippen LogP contribution in [0.25, 0.3) is 11.8 Å². The fraction of sp³-hybridized carbons (Fsp3) is 0.379. The number of benzene rings is 2. The molecule has 1 N–H and O–H groups in total. The summed E-state index contributed by atoms with van der Waals surface area (Å²) in [6, 6.07) is 7.77. The Labute approximate surface area is 245 Å². The zero-order valence-corrected chi connectivity index (χ0v) is 24.2. The largest absolute Gasteiger partial charge is 0.492 e. The van der Waals surface area contributed by atoms with E-state index in [9.17, 15) is 24.5 Å². The lowest BCUT2D eigenvalue weighted by atomic mass is 9.74. The average Bonchev–Trinajstić information content (AvgIpc) is 3.36. The number of hydrogen-bond donors (Lipinski definition) is 1. The van der Waals surface area contributed by atoms with Crippen LogP contribution in [0.5, 0.6) is 5.75 Å². The summed E-state index contributed by atoms with van der Waals surface area (Å²) in [5, 5.41) is 14.4. The van der Waals surface area contributed by atoms with Gasteiger partial charge in [-0.1, -0.05) is 42.8 Å². The van der Waals surface area contributed by atoms with Gasteiger partial charge >= 0.3 is 10.2 Å². The van der Waals surface area contributed by atoms with Crippen LogP contribution in [0.3, 0.4) is 0 Å². The molecule has 14 heteroatoms. The number of imidazole rings is 1. The summed E-state index contributed by atoms with van der Waals surface area (Å²) in [6.07, 6.45) is 4.94. The minimum Gasteiger partial charge on any atom is -0.492 e. The molecule has 0 amide bonds. The molecular weight excluding hydrogens is 595 g/mol. The van der Waals surface area contributed by atoms with Crippen LogP contribution >= 0.6 is 10.2 Å². The quantitative estimate of drug-likeness (QED) is 0.291. The van der Waals surface area contributed by atoms with Crippen molar-refractivity contribution in [1.82, 2.24) is 14.5 Å². The maximum atomic E-state index is 13.8. The Kier molecular flexibility index (Phi) is 6.64. The summed E-state index contributed by atoms with van der Waals surface area (Å²) >= 11 is 0. The topological polar surface area (TPSA) is 81.3 Å². The summed E-state index contributed by atoms with van der Waals surface area (Å²) < 4.78 is 82.2. The summed E-state index contributed by atoms with van der Waals surface area (Å²) in [5.41, 5.74) is 2.71. The number of piperidine rings is 1. The molecule has 3 aliphatic rings. The number of rotatable bonds is 7. The lowest BCUT2D eigenvalue weighted by molar-refractivity contribution is -0.139. The van der Waals surface area contributed by atoms with E-state index < -0.39 is 33.9 Å². The second-order valence-electron chi connectivity index (χ2n) is 11.3. The summed E-state index contributed by atoms with van der Waals surface area (Å²) in [6.45, 7) is 4.74. The third-order valence-electron chi connectivity index (χ3n) is 7.85. The highest BCUT2D eigenvalue weighted by Gasteiger charge is 2.65. The van der Waals surface area contributed by atoms with Gasteiger partial charge in [0.05, 0.1) is 50.2 Å². The van der Waals surface area contributed by atoms with Gasteiger partial charge in [0.1, 0.15) is 10.6 Å². The van der Waals surface area contributed by atoms with Crippen LogP contribution in [0, 0.1) is 12.3 Å². The first kappa shape index (κ1) is 29.5. The maximum Gasteiger partial charge on any atom is 0.310 e. The molecule has 0 aliphatic carbocycles. The van der Waals surface area contributed by atoms with Crippen molar-refractivity contribution < 1.29 is 38.8 Å². The predicted octanol–water partition coefficient (Wildman–Crippen LogP) is 6.79. The van der Waals surface area contributed by atoms with Crippen molar-refractivity contribution in [2.45, 2.75) is 37.3 Å². The maximum absolute atomic E-state index is 13.8. The zero-order chi connectivity index (χ0) is 30.7. The Hall–Kier alpha value is -3.62. The smallest absolute Gasteiger partial charge is 0.310 e. The van der Waals surface area contributed by atoms with Crippen LogP contribution in [0.2, 0.25) is 0 Å². The van der Waals surface area contributed by atoms with E-state index in [1.54, 1.807) is 11.2 Å². The van der Waals surface area contributed by atoms with Gasteiger partial charge in [0.15, 0.2) is 11.9 Å². The van der Waals surface area contributed by atoms with Crippen molar-refractivity contribution in [3.05, 3.63) is 77.4 Å². The number of nitrogens with zero attached hydrogens (tertiary/aromatic N) is 4. The molecular formula is C29H31F5N4O4S. The monoisotopic (exact) mass is 626 g/mol. The Morgan fingerprint density at radius 3 is 2.56 bits per heavy atom. The van der Waals surface area contributed by atoms with Gasteiger partial charge in [-0.2, -0.15) is 0 Å². The summed E-state index contributed by atoms with van der Waals surface area (Å²) in [7, 11) is -9.96. The van der Waals surface area contributed by atoms with Crippen molar-refractivity contribution in [3.8, 4) is 11.4 Å². The molecule has 0 saturated carbocycles. The number of hydrogen-bond acceptors (Lipinski definition) is 7. The van der Waals surface area contributed by atoms with E-state index in [-0.39, 0.29) is 11.0 Å². The van der Waals surface area contributed by atoms with E-state index in [0.29, 0.717) is 56.5 Å². The Balaban J connectivity index is 1.42. The van der Waals surface area contributed by atoms with Crippen molar-refractivity contribution in [2.75, 3.05) is 33.0 Å². The number of aryl methyl sites for hydroxylation is 1. The number of aliphatic hydroxyl groups is 1. The molecule has 2 fully saturated rings. The van der Waals surface area contributed by atoms with E-state index in [0.717, 1.165) is 28.6 Å². The first-order valence-corrected chi connectivity index (χ1v) is 15.7. The fourth-order valence-corrected chi connectivity index (χ4v) is 6.60. The number of aromatic nitrogens is 2. The molecule has 0 radical (unpaired) electrons. The van der Waals surface area contributed by atoms with Crippen molar-refractivity contribution >= 4 is 22.1 Å². The number of ether oxygens (including phenoxy) is 2. The third-order valence-corrected chi connectivity index (χ3v) is 8.99. The van der Waals surface area contributed by atoms with E-state index in [4.69, 9.17) is 14.3 Å². The van der Waals surface area contributed by atoms with Crippen LogP contribution in [0.4, 0.5) is 19.4 Å². The lowest BCUT2D eigenvalue weighted by Crippen LogP contribution is -2.60. The minimum atomic E-state index is -9.96. The molecule has 1 aromatic heterocycles. The molecule has 4 heterocycles. The second kappa shape index (κ2) is 9.69. The average molecular weight is 627 g/mol. The minimum absolute atomic E-state index is 0.0625. The first-order chi connectivity index (χ1) is 20.2. The number of aliphatic hydroxyl groups excluding tert-OH is 1. The highest BCUT2D eigenvalue weighted by molar-refractivity contribution is 8.45. The molecule has 1 spiro atoms. The molecule has 2 unspecified atom stereocenters. The van der Waals surface area contributed by atoms with Crippen LogP contribution < -0.4 is 4.74 Å². The van der Waals surface area contributed by atoms with Crippen LogP contribution in [0.1, 0.15) is 36.2 Å². The highest BCUT2D eigenvalue weighted by atomic mass is 32.5. The third kappa shape index (κ3) is 5.70. The van der Waals surface area contributed by atoms with Gasteiger partial charge in [-0.25, -0.2) is 4.98 Å². The number of fused-ring (bicyclic) bond motifs is 1. The van der Waals surface area contributed by atoms with Gasteiger partial charge in [-0.3, -0.25) is 0 Å². The molecule has 2 atom stereocenters. The van der Waals surface area contributed by atoms with Gasteiger partial charge in [-0.15, -0.1) is 0 Å². The molecule has 3 aromatic rings. The Morgan fingerprint density at radius 1 is 1.14 bits per heavy atom. The molecule has 232 valence electrons. The molecule has 43 heavy (non-hydrogen) atoms. The van der Waals surface area contributed by atoms with Gasteiger partial charge < -0.3 is 28.9 Å². The molecule has 3 aliphatic heterocycles. The second-order valence-corrected chi connectivity index (χ2v) is 13.7. The van der Waals surface area contributed by atoms with Gasteiger partial charge in [0.25, 0.3) is 0 Å². The highest BCUT2D eigenvalue weighted by Crippen LogP contribution is 3.02. The van der Waals surface area contributed by atoms with Crippen molar-refractivity contribution in [3.63, 3.8) is 0 Å². The number of oxime groups is 1. The number of halogens is 5. The van der Waals surface area contributed by atoms with Gasteiger partial charge in [0, 0.05) is 18.2 Å². The molecule has 2 saturated heterocycles. The summed E-state index contributed by atoms with van der Waals surface area (Å²) in [5.74, 6) is 0.980. The number of amidine groups is 1. The van der Waals surface area contributed by atoms with E-state index in [2.05, 4.69) is 10.1 Å². The molecule has 2 aromatic carbocycles. The van der Waals surface area contributed by atoms with Crippen LogP contribution in [0.15, 0.2) is 70.6 Å². The van der Waals surface area contributed by atoms with Crippen LogP contribution in [-0.2, 0) is 9.57 Å². The van der Waals surface area contributed by atoms with Gasteiger partial charge in [-0.05, 0) is 67.3 Å². The first-order valence-electron chi connectivity index (χ1n) is 13.7. The lowest BCUT2D eigenvalue weighted by Gasteiger charge is -2.53. The summed E-state index contributed by atoms with van der Waals surface area (Å²) in [4.78, 5) is 9.64. The van der Waals surface area contributed by atoms with E-state index in [1.165, 1.54) is 6.07 Å². The SMILES string of the molecule is CCOc1cc(/C=C2\CC3(COC3)CN3C2=NOC(CO)C3c2cccc(S(F)(F)(F)(F)F)c2)ccc1-n1cnc(C)c1. The Morgan fingerprint density at radius 2 is 1.93 bits per heavy atom. The van der Waals surface area contributed by atoms with E-state index >= 15 is 0 Å². The standard InChI is InChI=1S/C29H31F5N4O4S/c1-3-41-25-10-20(7-8-24(25)37-13-19(2)35-18-37)9-22-12-29(16-40-17-29)15-38-27(26(14-39)42-36-28(22)38)21-5-4-6-23(11-21)43(30,31,32,33)34/h4-11,13,18,26-27,39H,3,12,14-17H2,1-2H3/b22-9+. The van der Waals surface area contributed by atoms with E-state index in [1.807, 2.05) is 48.9 Å². The zero-order valence-electron chi connectivity index (χ0n) is 23.4. The Bertz CT molecular complexity index is 1620. The molecule has 8 nitrogen and oxygen atoms in total. The molecule has 0 bridgehead atoms. The molecule has 6 rings (SSSR count). The van der Waals surface area contributed by atoms with Crippen molar-refractivity contribution in [1.29, 1.82) is 0 Å². The van der Waals surface area contributed by atoms with Crippen molar-refractivity contribution in [2.24, 2.45) is 10.6 Å².